The lowest BCUT2D eigenvalue weighted by molar-refractivity contribution is 1.61. The van der Waals surface area contributed by atoms with E-state index in [4.69, 9.17) is 0 Å². The first kappa shape index (κ1) is 32.2. The predicted molar refractivity (Wildman–Crippen MR) is 241 cm³/mol. The Morgan fingerprint density at radius 2 is 0.643 bits per heavy atom. The molecule has 56 heavy (non-hydrogen) atoms. The van der Waals surface area contributed by atoms with Crippen molar-refractivity contribution >= 4 is 53.9 Å². The van der Waals surface area contributed by atoms with Crippen molar-refractivity contribution in [3.8, 4) is 55.6 Å². The molecule has 0 nitrogen and oxygen atoms in total. The molecule has 0 atom stereocenters. The summed E-state index contributed by atoms with van der Waals surface area (Å²) >= 11 is 0. The molecule has 0 aliphatic rings. The Bertz CT molecular complexity index is 3220. The minimum atomic E-state index is 1.20. The summed E-state index contributed by atoms with van der Waals surface area (Å²) in [5.74, 6) is 0. The van der Waals surface area contributed by atoms with Gasteiger partial charge in [0.2, 0.25) is 0 Å². The second-order valence-electron chi connectivity index (χ2n) is 14.8. The molecule has 0 radical (unpaired) electrons. The number of rotatable bonds is 5. The van der Waals surface area contributed by atoms with Crippen molar-refractivity contribution in [3.63, 3.8) is 0 Å². The number of hydrogen-bond donors (Lipinski definition) is 0. The molecule has 11 aromatic rings. The Kier molecular flexibility index (Phi) is 7.60. The van der Waals surface area contributed by atoms with E-state index in [-0.39, 0.29) is 0 Å². The van der Waals surface area contributed by atoms with Crippen LogP contribution in [0.5, 0.6) is 0 Å². The Balaban J connectivity index is 1.17. The third-order valence-electron chi connectivity index (χ3n) is 11.6. The van der Waals surface area contributed by atoms with Gasteiger partial charge >= 0.3 is 0 Å². The van der Waals surface area contributed by atoms with Crippen molar-refractivity contribution in [1.82, 2.24) is 0 Å². The molecule has 0 fully saturated rings. The molecule has 0 aliphatic heterocycles. The second-order valence-corrected chi connectivity index (χ2v) is 14.8. The van der Waals surface area contributed by atoms with Crippen LogP contribution in [0.4, 0.5) is 0 Å². The zero-order valence-corrected chi connectivity index (χ0v) is 30.8. The molecule has 0 N–H and O–H groups in total. The van der Waals surface area contributed by atoms with Crippen molar-refractivity contribution in [2.24, 2.45) is 0 Å². The molecule has 0 aromatic heterocycles. The number of benzene rings is 11. The summed E-state index contributed by atoms with van der Waals surface area (Å²) in [6, 6.07) is 80.4. The first-order chi connectivity index (χ1) is 27.8. The van der Waals surface area contributed by atoms with Gasteiger partial charge in [-0.25, -0.2) is 0 Å². The summed E-state index contributed by atoms with van der Waals surface area (Å²) in [6.07, 6.45) is 0. The monoisotopic (exact) mass is 708 g/mol. The van der Waals surface area contributed by atoms with Crippen molar-refractivity contribution in [2.75, 3.05) is 0 Å². The summed E-state index contributed by atoms with van der Waals surface area (Å²) in [5.41, 5.74) is 12.3. The summed E-state index contributed by atoms with van der Waals surface area (Å²) in [6.45, 7) is 0. The lowest BCUT2D eigenvalue weighted by Crippen LogP contribution is -1.92. The molecule has 0 bridgehead atoms. The molecule has 0 unspecified atom stereocenters. The van der Waals surface area contributed by atoms with E-state index in [1.54, 1.807) is 0 Å². The average Bonchev–Trinajstić information content (AvgIpc) is 3.28. The van der Waals surface area contributed by atoms with Gasteiger partial charge in [-0.2, -0.15) is 0 Å². The minimum Gasteiger partial charge on any atom is -0.0622 e. The first-order valence-corrected chi connectivity index (χ1v) is 19.4. The van der Waals surface area contributed by atoms with Crippen LogP contribution in [0.2, 0.25) is 0 Å². The molecule has 0 saturated heterocycles. The van der Waals surface area contributed by atoms with Gasteiger partial charge in [0.25, 0.3) is 0 Å². The van der Waals surface area contributed by atoms with E-state index in [9.17, 15) is 0 Å². The maximum absolute atomic E-state index is 2.44. The normalized spacial score (nSPS) is 11.6. The molecular weight excluding hydrogens is 673 g/mol. The van der Waals surface area contributed by atoms with Crippen LogP contribution in [0.15, 0.2) is 218 Å². The zero-order chi connectivity index (χ0) is 37.0. The summed E-state index contributed by atoms with van der Waals surface area (Å²) in [5, 5.41) is 12.6. The Morgan fingerprint density at radius 3 is 1.29 bits per heavy atom. The molecule has 0 heterocycles. The summed E-state index contributed by atoms with van der Waals surface area (Å²) in [4.78, 5) is 0. The largest absolute Gasteiger partial charge is 0.0622 e. The van der Waals surface area contributed by atoms with Crippen molar-refractivity contribution in [1.29, 1.82) is 0 Å². The number of fused-ring (bicyclic) bond motifs is 6. The molecule has 0 aliphatic carbocycles. The van der Waals surface area contributed by atoms with Gasteiger partial charge in [0.1, 0.15) is 0 Å². The smallest absolute Gasteiger partial charge is 0.00261 e. The fourth-order valence-electron chi connectivity index (χ4n) is 9.05. The van der Waals surface area contributed by atoms with Gasteiger partial charge in [-0.15, -0.1) is 0 Å². The van der Waals surface area contributed by atoms with Gasteiger partial charge in [-0.3, -0.25) is 0 Å². The Morgan fingerprint density at radius 1 is 0.179 bits per heavy atom. The van der Waals surface area contributed by atoms with Gasteiger partial charge in [-0.05, 0) is 140 Å². The lowest BCUT2D eigenvalue weighted by Gasteiger charge is -2.19. The van der Waals surface area contributed by atoms with E-state index in [2.05, 4.69) is 218 Å². The second kappa shape index (κ2) is 13.2. The van der Waals surface area contributed by atoms with E-state index >= 15 is 0 Å². The van der Waals surface area contributed by atoms with Crippen molar-refractivity contribution in [3.05, 3.63) is 218 Å². The Hall–Kier alpha value is -7.28. The maximum atomic E-state index is 2.44. The maximum Gasteiger partial charge on any atom is -0.00261 e. The molecule has 260 valence electrons. The molecule has 11 rings (SSSR count). The van der Waals surface area contributed by atoms with Crippen LogP contribution in [0, 0.1) is 0 Å². The zero-order valence-electron chi connectivity index (χ0n) is 30.8. The summed E-state index contributed by atoms with van der Waals surface area (Å²) in [7, 11) is 0. The Labute approximate surface area is 326 Å². The minimum absolute atomic E-state index is 1.20. The highest BCUT2D eigenvalue weighted by Crippen LogP contribution is 2.46. The van der Waals surface area contributed by atoms with Gasteiger partial charge < -0.3 is 0 Å². The molecule has 11 aromatic carbocycles. The first-order valence-electron chi connectivity index (χ1n) is 19.4. The van der Waals surface area contributed by atoms with E-state index in [1.807, 2.05) is 0 Å². The quantitative estimate of drug-likeness (QED) is 0.123. The average molecular weight is 709 g/mol. The van der Waals surface area contributed by atoms with Gasteiger partial charge in [0.05, 0.1) is 0 Å². The third-order valence-corrected chi connectivity index (χ3v) is 11.6. The number of hydrogen-bond acceptors (Lipinski definition) is 0. The van der Waals surface area contributed by atoms with Crippen molar-refractivity contribution < 1.29 is 0 Å². The van der Waals surface area contributed by atoms with E-state index in [0.717, 1.165) is 0 Å². The van der Waals surface area contributed by atoms with Crippen molar-refractivity contribution in [2.45, 2.75) is 0 Å². The topological polar surface area (TPSA) is 0 Å². The van der Waals surface area contributed by atoms with Crippen LogP contribution < -0.4 is 0 Å². The van der Waals surface area contributed by atoms with Crippen LogP contribution in [0.3, 0.4) is 0 Å². The van der Waals surface area contributed by atoms with Crippen LogP contribution in [-0.2, 0) is 0 Å². The standard InChI is InChI=1S/C56H36/c1-3-16-37(17-4-1)44-33-42-30-31-43(56-50-28-13-11-26-48(50)55(38-18-5-2-6-19-38)49-27-12-14-29-51(49)56)35-53(42)54(36-44)40-22-15-21-39(32-40)52-34-41-20-7-8-23-45(41)46-24-9-10-25-47(46)52/h1-36H. The van der Waals surface area contributed by atoms with Crippen LogP contribution in [0.1, 0.15) is 0 Å². The van der Waals surface area contributed by atoms with Gasteiger partial charge in [-0.1, -0.05) is 188 Å². The van der Waals surface area contributed by atoms with Gasteiger partial charge in [0, 0.05) is 0 Å². The highest BCUT2D eigenvalue weighted by Gasteiger charge is 2.18. The highest BCUT2D eigenvalue weighted by atomic mass is 14.2. The van der Waals surface area contributed by atoms with Gasteiger partial charge in [0.15, 0.2) is 0 Å². The SMILES string of the molecule is c1ccc(-c2cc(-c3cccc(-c4cc5ccccc5c5ccccc45)c3)c3cc(-c4c5ccccc5c(-c5ccccc5)c5ccccc45)ccc3c2)cc1. The molecule has 0 amide bonds. The van der Waals surface area contributed by atoms with Crippen LogP contribution in [0.25, 0.3) is 109 Å². The highest BCUT2D eigenvalue weighted by molar-refractivity contribution is 6.22. The van der Waals surface area contributed by atoms with E-state index in [1.165, 1.54) is 109 Å². The molecular formula is C56H36. The summed E-state index contributed by atoms with van der Waals surface area (Å²) < 4.78 is 0. The van der Waals surface area contributed by atoms with Crippen LogP contribution in [-0.4, -0.2) is 0 Å². The molecule has 0 heteroatoms. The molecule has 0 saturated carbocycles. The van der Waals surface area contributed by atoms with Crippen LogP contribution >= 0.6 is 0 Å². The fraction of sp³-hybridized carbons (Fsp3) is 0. The fourth-order valence-corrected chi connectivity index (χ4v) is 9.05. The van der Waals surface area contributed by atoms with E-state index in [0.29, 0.717) is 0 Å². The van der Waals surface area contributed by atoms with E-state index < -0.39 is 0 Å². The molecule has 0 spiro atoms. The lowest BCUT2D eigenvalue weighted by atomic mass is 9.84. The third kappa shape index (κ3) is 5.30. The predicted octanol–water partition coefficient (Wildman–Crippen LogP) is 15.8.